The highest BCUT2D eigenvalue weighted by atomic mass is 31.2. The maximum atomic E-state index is 11.7. The van der Waals surface area contributed by atoms with Gasteiger partial charge in [0.15, 0.2) is 0 Å². The van der Waals surface area contributed by atoms with Gasteiger partial charge in [-0.15, -0.1) is 0 Å². The third-order valence-corrected chi connectivity index (χ3v) is 3.36. The molecule has 14 heavy (non-hydrogen) atoms. The van der Waals surface area contributed by atoms with Crippen LogP contribution in [0.25, 0.3) is 0 Å². The fourth-order valence-corrected chi connectivity index (χ4v) is 1.71. The topological polar surface area (TPSA) is 71.1 Å². The van der Waals surface area contributed by atoms with Crippen molar-refractivity contribution in [3.63, 3.8) is 0 Å². The Kier molecular flexibility index (Phi) is 5.45. The third kappa shape index (κ3) is 3.14. The standard InChI is InChI=1S/C7H13O6P/c1-5-6(13-7(8)10-2)14(9,11-3)12-4/h5-6H,1H2,2-4H3/t6-/m1/s1. The molecule has 0 unspecified atom stereocenters. The highest BCUT2D eigenvalue weighted by Gasteiger charge is 2.35. The zero-order chi connectivity index (χ0) is 11.2. The van der Waals surface area contributed by atoms with E-state index < -0.39 is 19.6 Å². The minimum Gasteiger partial charge on any atom is -0.438 e. The molecular weight excluding hydrogens is 211 g/mol. The van der Waals surface area contributed by atoms with E-state index in [-0.39, 0.29) is 0 Å². The van der Waals surface area contributed by atoms with E-state index in [0.29, 0.717) is 0 Å². The van der Waals surface area contributed by atoms with Crippen LogP contribution in [0.15, 0.2) is 12.7 Å². The van der Waals surface area contributed by atoms with Crippen molar-refractivity contribution in [2.75, 3.05) is 21.3 Å². The molecule has 0 bridgehead atoms. The van der Waals surface area contributed by atoms with E-state index in [1.54, 1.807) is 0 Å². The highest BCUT2D eigenvalue weighted by molar-refractivity contribution is 7.54. The molecule has 0 aromatic heterocycles. The molecule has 0 aliphatic carbocycles. The van der Waals surface area contributed by atoms with Crippen molar-refractivity contribution in [2.45, 2.75) is 5.85 Å². The van der Waals surface area contributed by atoms with Gasteiger partial charge in [0.25, 0.3) is 0 Å². The molecule has 0 saturated carbocycles. The molecule has 0 N–H and O–H groups in total. The Bertz CT molecular complexity index is 243. The summed E-state index contributed by atoms with van der Waals surface area (Å²) in [5.41, 5.74) is 0. The van der Waals surface area contributed by atoms with Crippen molar-refractivity contribution >= 4 is 13.8 Å². The van der Waals surface area contributed by atoms with Crippen LogP contribution in [0.2, 0.25) is 0 Å². The lowest BCUT2D eigenvalue weighted by Crippen LogP contribution is -2.17. The number of methoxy groups -OCH3 is 1. The molecule has 0 rings (SSSR count). The van der Waals surface area contributed by atoms with Gasteiger partial charge in [0.05, 0.1) is 7.11 Å². The van der Waals surface area contributed by atoms with Crippen molar-refractivity contribution in [1.82, 2.24) is 0 Å². The van der Waals surface area contributed by atoms with Crippen LogP contribution < -0.4 is 0 Å². The molecule has 0 saturated heterocycles. The van der Waals surface area contributed by atoms with Gasteiger partial charge < -0.3 is 18.5 Å². The van der Waals surface area contributed by atoms with Crippen molar-refractivity contribution in [2.24, 2.45) is 0 Å². The molecule has 0 aromatic rings. The summed E-state index contributed by atoms with van der Waals surface area (Å²) in [6.45, 7) is 3.35. The second kappa shape index (κ2) is 5.80. The molecular formula is C7H13O6P. The van der Waals surface area contributed by atoms with E-state index in [2.05, 4.69) is 25.1 Å². The lowest BCUT2D eigenvalue weighted by atomic mass is 10.7. The molecule has 82 valence electrons. The average molecular weight is 224 g/mol. The number of hydrogen-bond donors (Lipinski definition) is 0. The maximum absolute atomic E-state index is 11.7. The summed E-state index contributed by atoms with van der Waals surface area (Å²) in [7, 11) is -0.00358. The van der Waals surface area contributed by atoms with Gasteiger partial charge in [0.2, 0.25) is 5.85 Å². The second-order valence-corrected chi connectivity index (χ2v) is 4.42. The molecule has 0 radical (unpaired) electrons. The van der Waals surface area contributed by atoms with E-state index in [9.17, 15) is 9.36 Å². The molecule has 1 atom stereocenters. The lowest BCUT2D eigenvalue weighted by Gasteiger charge is -2.20. The summed E-state index contributed by atoms with van der Waals surface area (Å²) in [6.07, 6.45) is 0.161. The van der Waals surface area contributed by atoms with Gasteiger partial charge in [-0.3, -0.25) is 4.57 Å². The van der Waals surface area contributed by atoms with Gasteiger partial charge in [-0.2, -0.15) is 0 Å². The minimum absolute atomic E-state index is 0.982. The van der Waals surface area contributed by atoms with E-state index >= 15 is 0 Å². The van der Waals surface area contributed by atoms with Gasteiger partial charge in [-0.05, 0) is 6.08 Å². The zero-order valence-corrected chi connectivity index (χ0v) is 9.15. The summed E-state index contributed by atoms with van der Waals surface area (Å²) in [5, 5.41) is 0. The summed E-state index contributed by atoms with van der Waals surface area (Å²) < 4.78 is 29.7. The Hall–Kier alpha value is -0.840. The normalized spacial score (nSPS) is 13.1. The van der Waals surface area contributed by atoms with Crippen LogP contribution in [-0.4, -0.2) is 33.3 Å². The predicted octanol–water partition coefficient (Wildman–Crippen LogP) is 1.77. The molecule has 0 spiro atoms. The van der Waals surface area contributed by atoms with Crippen molar-refractivity contribution in [1.29, 1.82) is 0 Å². The fourth-order valence-electron chi connectivity index (χ4n) is 0.671. The van der Waals surface area contributed by atoms with Gasteiger partial charge >= 0.3 is 13.8 Å². The third-order valence-electron chi connectivity index (χ3n) is 1.41. The van der Waals surface area contributed by atoms with Crippen molar-refractivity contribution < 1.29 is 27.9 Å². The first kappa shape index (κ1) is 13.2. The number of carbonyl (C=O) groups is 1. The molecule has 7 heteroatoms. The number of ether oxygens (including phenoxy) is 2. The summed E-state index contributed by atoms with van der Waals surface area (Å²) in [4.78, 5) is 10.7. The Morgan fingerprint density at radius 2 is 1.86 bits per heavy atom. The largest absolute Gasteiger partial charge is 0.509 e. The number of carbonyl (C=O) groups excluding carboxylic acids is 1. The molecule has 0 fully saturated rings. The number of hydrogen-bond acceptors (Lipinski definition) is 6. The summed E-state index contributed by atoms with van der Waals surface area (Å²) in [5.74, 6) is -1.18. The first-order chi connectivity index (χ1) is 6.53. The smallest absolute Gasteiger partial charge is 0.438 e. The van der Waals surface area contributed by atoms with Crippen LogP contribution in [0.1, 0.15) is 0 Å². The fraction of sp³-hybridized carbons (Fsp3) is 0.571. The maximum Gasteiger partial charge on any atom is 0.509 e. The summed E-state index contributed by atoms with van der Waals surface area (Å²) in [6, 6.07) is 0. The summed E-state index contributed by atoms with van der Waals surface area (Å²) >= 11 is 0. The zero-order valence-electron chi connectivity index (χ0n) is 8.26. The number of rotatable bonds is 5. The van der Waals surface area contributed by atoms with Gasteiger partial charge in [0.1, 0.15) is 0 Å². The second-order valence-electron chi connectivity index (χ2n) is 2.10. The van der Waals surface area contributed by atoms with Gasteiger partial charge in [-0.25, -0.2) is 4.79 Å². The SMILES string of the molecule is C=C[C@H](OC(=O)OC)P(=O)(OC)OC. The molecule has 0 amide bonds. The average Bonchev–Trinajstić information content (AvgIpc) is 2.24. The van der Waals surface area contributed by atoms with Gasteiger partial charge in [-0.1, -0.05) is 6.58 Å². The molecule has 0 aromatic carbocycles. The monoisotopic (exact) mass is 224 g/mol. The van der Waals surface area contributed by atoms with Crippen molar-refractivity contribution in [3.8, 4) is 0 Å². The van der Waals surface area contributed by atoms with Crippen LogP contribution >= 0.6 is 7.60 Å². The Balaban J connectivity index is 4.62. The van der Waals surface area contributed by atoms with E-state index in [0.717, 1.165) is 13.2 Å². The van der Waals surface area contributed by atoms with E-state index in [1.165, 1.54) is 14.2 Å². The van der Waals surface area contributed by atoms with Crippen LogP contribution in [0, 0.1) is 0 Å². The van der Waals surface area contributed by atoms with Crippen LogP contribution in [0.5, 0.6) is 0 Å². The molecule has 6 nitrogen and oxygen atoms in total. The first-order valence-corrected chi connectivity index (χ1v) is 5.23. The Labute approximate surface area is 82.3 Å². The highest BCUT2D eigenvalue weighted by Crippen LogP contribution is 2.52. The van der Waals surface area contributed by atoms with Gasteiger partial charge in [0, 0.05) is 14.2 Å². The first-order valence-electron chi connectivity index (χ1n) is 3.62. The van der Waals surface area contributed by atoms with E-state index in [1.807, 2.05) is 0 Å². The minimum atomic E-state index is -3.50. The lowest BCUT2D eigenvalue weighted by molar-refractivity contribution is 0.0627. The Morgan fingerprint density at radius 3 is 2.14 bits per heavy atom. The molecule has 0 aliphatic rings. The molecule has 0 heterocycles. The molecule has 0 aliphatic heterocycles. The van der Waals surface area contributed by atoms with Crippen LogP contribution in [-0.2, 0) is 23.1 Å². The van der Waals surface area contributed by atoms with Crippen LogP contribution in [0.3, 0.4) is 0 Å². The van der Waals surface area contributed by atoms with Crippen LogP contribution in [0.4, 0.5) is 4.79 Å². The van der Waals surface area contributed by atoms with Crippen molar-refractivity contribution in [3.05, 3.63) is 12.7 Å². The quantitative estimate of drug-likeness (QED) is 0.402. The Morgan fingerprint density at radius 1 is 1.36 bits per heavy atom. The van der Waals surface area contributed by atoms with E-state index in [4.69, 9.17) is 0 Å². The predicted molar refractivity (Wildman–Crippen MR) is 49.1 cm³/mol.